The maximum absolute atomic E-state index is 14.5. The first-order valence-electron chi connectivity index (χ1n) is 12.7. The smallest absolute Gasteiger partial charge is 0.252 e. The molecular weight excluding hydrogens is 530 g/mol. The van der Waals surface area contributed by atoms with Gasteiger partial charge in [0.25, 0.3) is 11.8 Å². The van der Waals surface area contributed by atoms with Crippen LogP contribution in [0.5, 0.6) is 0 Å². The molecule has 0 unspecified atom stereocenters. The van der Waals surface area contributed by atoms with E-state index in [1.165, 1.54) is 18.5 Å². The zero-order chi connectivity index (χ0) is 28.6. The first kappa shape index (κ1) is 27.2. The second-order valence-corrected chi connectivity index (χ2v) is 9.93. The Labute approximate surface area is 227 Å². The van der Waals surface area contributed by atoms with Gasteiger partial charge in [0.2, 0.25) is 17.8 Å². The zero-order valence-corrected chi connectivity index (χ0v) is 21.4. The summed E-state index contributed by atoms with van der Waals surface area (Å²) in [5.41, 5.74) is 0.607. The number of amides is 3. The van der Waals surface area contributed by atoms with E-state index in [4.69, 9.17) is 0 Å². The van der Waals surface area contributed by atoms with Gasteiger partial charge in [0, 0.05) is 43.8 Å². The maximum Gasteiger partial charge on any atom is 0.252 e. The molecule has 8 nitrogen and oxygen atoms in total. The molecule has 208 valence electrons. The number of nitrogens with zero attached hydrogens (tertiary/aromatic N) is 4. The van der Waals surface area contributed by atoms with Crippen LogP contribution in [-0.4, -0.2) is 45.7 Å². The number of nitrogens with one attached hydrogen (secondary N) is 1. The van der Waals surface area contributed by atoms with Crippen LogP contribution < -0.4 is 15.1 Å². The average molecular weight is 556 g/mol. The third kappa shape index (κ3) is 5.38. The van der Waals surface area contributed by atoms with Gasteiger partial charge in [-0.2, -0.15) is 0 Å². The summed E-state index contributed by atoms with van der Waals surface area (Å²) >= 11 is 0. The molecule has 1 saturated carbocycles. The number of aryl methyl sites for hydroxylation is 1. The van der Waals surface area contributed by atoms with Crippen LogP contribution in [0.2, 0.25) is 0 Å². The summed E-state index contributed by atoms with van der Waals surface area (Å²) < 4.78 is 56.1. The molecule has 2 atom stereocenters. The van der Waals surface area contributed by atoms with Crippen LogP contribution in [-0.2, 0) is 14.4 Å². The summed E-state index contributed by atoms with van der Waals surface area (Å²) in [5.74, 6) is -7.02. The Bertz CT molecular complexity index is 1430. The molecule has 0 radical (unpaired) electrons. The number of hydrogen-bond acceptors (Lipinski definition) is 5. The van der Waals surface area contributed by atoms with Crippen LogP contribution in [0.3, 0.4) is 0 Å². The number of hydrogen-bond donors (Lipinski definition) is 1. The van der Waals surface area contributed by atoms with Crippen LogP contribution in [0.25, 0.3) is 0 Å². The highest BCUT2D eigenvalue weighted by molar-refractivity contribution is 6.10. The molecule has 2 aliphatic rings. The third-order valence-corrected chi connectivity index (χ3v) is 7.05. The highest BCUT2D eigenvalue weighted by Crippen LogP contribution is 2.39. The van der Waals surface area contributed by atoms with Gasteiger partial charge in [-0.1, -0.05) is 24.3 Å². The van der Waals surface area contributed by atoms with Gasteiger partial charge in [-0.25, -0.2) is 27.5 Å². The molecule has 2 heterocycles. The van der Waals surface area contributed by atoms with Crippen molar-refractivity contribution in [3.63, 3.8) is 0 Å². The van der Waals surface area contributed by atoms with Crippen molar-refractivity contribution < 1.29 is 31.9 Å². The van der Waals surface area contributed by atoms with Crippen molar-refractivity contribution in [2.24, 2.45) is 0 Å². The average Bonchev–Trinajstić information content (AvgIpc) is 3.27. The summed E-state index contributed by atoms with van der Waals surface area (Å²) in [7, 11) is 0. The lowest BCUT2D eigenvalue weighted by molar-refractivity contribution is -0.133. The molecule has 1 aliphatic heterocycles. The number of anilines is 2. The number of aromatic nitrogens is 2. The van der Waals surface area contributed by atoms with Gasteiger partial charge >= 0.3 is 0 Å². The quantitative estimate of drug-likeness (QED) is 0.440. The SMILES string of the molecule is Cc1ccccc1[C@@H](C(=O)NC1CC(F)(F)C1)N(C(=O)[C@@H]1CCC(=O)N1c1ncccn1)c1cc(F)cc(F)c1. The van der Waals surface area contributed by atoms with E-state index in [1.807, 2.05) is 0 Å². The summed E-state index contributed by atoms with van der Waals surface area (Å²) in [6.45, 7) is 1.69. The van der Waals surface area contributed by atoms with Crippen LogP contribution in [0.15, 0.2) is 60.9 Å². The fourth-order valence-electron chi connectivity index (χ4n) is 5.16. The molecule has 3 amide bonds. The maximum atomic E-state index is 14.5. The monoisotopic (exact) mass is 555 g/mol. The minimum absolute atomic E-state index is 0.0289. The summed E-state index contributed by atoms with van der Waals surface area (Å²) in [5, 5.41) is 2.57. The van der Waals surface area contributed by atoms with Crippen molar-refractivity contribution in [2.75, 3.05) is 9.80 Å². The Balaban J connectivity index is 1.62. The Hall–Kier alpha value is -4.35. The molecule has 1 aromatic heterocycles. The molecule has 2 aromatic carbocycles. The van der Waals surface area contributed by atoms with E-state index < -0.39 is 66.2 Å². The van der Waals surface area contributed by atoms with Crippen molar-refractivity contribution in [1.29, 1.82) is 0 Å². The van der Waals surface area contributed by atoms with Gasteiger partial charge in [-0.05, 0) is 42.7 Å². The summed E-state index contributed by atoms with van der Waals surface area (Å²) in [4.78, 5) is 51.2. The summed E-state index contributed by atoms with van der Waals surface area (Å²) in [6, 6.07) is 6.99. The van der Waals surface area contributed by atoms with Crippen molar-refractivity contribution in [2.45, 2.75) is 56.7 Å². The molecule has 1 aliphatic carbocycles. The highest BCUT2D eigenvalue weighted by atomic mass is 19.3. The van der Waals surface area contributed by atoms with Gasteiger partial charge in [0.15, 0.2) is 0 Å². The number of alkyl halides is 2. The van der Waals surface area contributed by atoms with Gasteiger partial charge in [-0.3, -0.25) is 24.2 Å². The lowest BCUT2D eigenvalue weighted by Crippen LogP contribution is -2.56. The number of benzene rings is 2. The standard InChI is InChI=1S/C28H25F4N5O3/c1-16-5-2-3-6-21(16)24(25(39)35-19-14-28(31,32)15-19)36(20-12-17(29)11-18(30)13-20)26(40)22-7-8-23(38)37(22)27-33-9-4-10-34-27/h2-6,9-13,19,22,24H,7-8,14-15H2,1H3,(H,35,39)/t22-,24-/m0/s1. The van der Waals surface area contributed by atoms with E-state index >= 15 is 0 Å². The topological polar surface area (TPSA) is 95.5 Å². The highest BCUT2D eigenvalue weighted by Gasteiger charge is 2.48. The predicted octanol–water partition coefficient (Wildman–Crippen LogP) is 4.25. The molecule has 5 rings (SSSR count). The third-order valence-electron chi connectivity index (χ3n) is 7.05. The minimum atomic E-state index is -2.92. The largest absolute Gasteiger partial charge is 0.351 e. The van der Waals surface area contributed by atoms with E-state index in [0.29, 0.717) is 17.2 Å². The minimum Gasteiger partial charge on any atom is -0.351 e. The van der Waals surface area contributed by atoms with Gasteiger partial charge < -0.3 is 5.32 Å². The van der Waals surface area contributed by atoms with Crippen LogP contribution in [0.4, 0.5) is 29.2 Å². The summed E-state index contributed by atoms with van der Waals surface area (Å²) in [6.07, 6.45) is 1.65. The fraction of sp³-hybridized carbons (Fsp3) is 0.321. The molecule has 1 N–H and O–H groups in total. The lowest BCUT2D eigenvalue weighted by Gasteiger charge is -2.39. The second kappa shape index (κ2) is 10.7. The van der Waals surface area contributed by atoms with E-state index in [2.05, 4.69) is 15.3 Å². The molecule has 40 heavy (non-hydrogen) atoms. The van der Waals surface area contributed by atoms with Crippen molar-refractivity contribution in [3.8, 4) is 0 Å². The molecule has 1 saturated heterocycles. The molecule has 0 bridgehead atoms. The van der Waals surface area contributed by atoms with Crippen LogP contribution in [0, 0.1) is 18.6 Å². The van der Waals surface area contributed by atoms with Gasteiger partial charge in [-0.15, -0.1) is 0 Å². The van der Waals surface area contributed by atoms with E-state index in [-0.39, 0.29) is 24.5 Å². The van der Waals surface area contributed by atoms with E-state index in [1.54, 1.807) is 31.2 Å². The number of carbonyl (C=O) groups excluding carboxylic acids is 3. The zero-order valence-electron chi connectivity index (χ0n) is 21.4. The second-order valence-electron chi connectivity index (χ2n) is 9.93. The fourth-order valence-corrected chi connectivity index (χ4v) is 5.16. The lowest BCUT2D eigenvalue weighted by atomic mass is 9.87. The van der Waals surface area contributed by atoms with Crippen molar-refractivity contribution >= 4 is 29.4 Å². The molecular formula is C28H25F4N5O3. The normalized spacial score (nSPS) is 19.2. The van der Waals surface area contributed by atoms with Crippen LogP contribution in [0.1, 0.15) is 42.9 Å². The number of rotatable bonds is 7. The number of halogens is 4. The molecule has 2 fully saturated rings. The van der Waals surface area contributed by atoms with E-state index in [9.17, 15) is 31.9 Å². The first-order valence-corrected chi connectivity index (χ1v) is 12.7. The Morgan fingerprint density at radius 3 is 2.33 bits per heavy atom. The Morgan fingerprint density at radius 2 is 1.70 bits per heavy atom. The molecule has 0 spiro atoms. The Morgan fingerprint density at radius 1 is 1.05 bits per heavy atom. The van der Waals surface area contributed by atoms with Gasteiger partial charge in [0.1, 0.15) is 23.7 Å². The van der Waals surface area contributed by atoms with Crippen molar-refractivity contribution in [1.82, 2.24) is 15.3 Å². The van der Waals surface area contributed by atoms with E-state index in [0.717, 1.165) is 21.9 Å². The Kier molecular flexibility index (Phi) is 7.26. The predicted molar refractivity (Wildman–Crippen MR) is 136 cm³/mol. The van der Waals surface area contributed by atoms with Gasteiger partial charge in [0.05, 0.1) is 5.69 Å². The molecule has 3 aromatic rings. The van der Waals surface area contributed by atoms with Crippen molar-refractivity contribution in [3.05, 3.63) is 83.7 Å². The number of carbonyl (C=O) groups is 3. The van der Waals surface area contributed by atoms with Crippen LogP contribution >= 0.6 is 0 Å². The molecule has 12 heteroatoms. The first-order chi connectivity index (χ1) is 19.0.